The van der Waals surface area contributed by atoms with Crippen molar-refractivity contribution in [1.29, 1.82) is 0 Å². The van der Waals surface area contributed by atoms with E-state index in [9.17, 15) is 4.79 Å². The lowest BCUT2D eigenvalue weighted by atomic mass is 10.1. The van der Waals surface area contributed by atoms with Crippen molar-refractivity contribution < 1.29 is 9.90 Å². The Bertz CT molecular complexity index is 445. The van der Waals surface area contributed by atoms with Crippen LogP contribution in [0.5, 0.6) is 0 Å². The number of aryl methyl sites for hydroxylation is 1. The Morgan fingerprint density at radius 3 is 2.65 bits per heavy atom. The third kappa shape index (κ3) is 2.24. The summed E-state index contributed by atoms with van der Waals surface area (Å²) in [6.07, 6.45) is 0.807. The summed E-state index contributed by atoms with van der Waals surface area (Å²) in [5, 5.41) is 8.99. The first-order valence-corrected chi connectivity index (χ1v) is 6.31. The molecule has 1 heterocycles. The highest BCUT2D eigenvalue weighted by Gasteiger charge is 2.45. The van der Waals surface area contributed by atoms with Gasteiger partial charge in [-0.15, -0.1) is 0 Å². The molecule has 0 saturated heterocycles. The maximum atomic E-state index is 10.9. The lowest BCUT2D eigenvalue weighted by Gasteiger charge is -2.12. The van der Waals surface area contributed by atoms with Crippen molar-refractivity contribution in [2.75, 3.05) is 0 Å². The van der Waals surface area contributed by atoms with Crippen molar-refractivity contribution in [2.45, 2.75) is 46.6 Å². The van der Waals surface area contributed by atoms with E-state index in [1.165, 1.54) is 17.0 Å². The zero-order chi connectivity index (χ0) is 12.7. The topological polar surface area (TPSA) is 42.2 Å². The molecule has 1 aromatic rings. The fourth-order valence-electron chi connectivity index (χ4n) is 2.66. The molecule has 1 fully saturated rings. The molecule has 3 heteroatoms. The van der Waals surface area contributed by atoms with Crippen LogP contribution in [0.25, 0.3) is 0 Å². The van der Waals surface area contributed by atoms with E-state index in [4.69, 9.17) is 5.11 Å². The van der Waals surface area contributed by atoms with Crippen LogP contribution in [0.15, 0.2) is 6.07 Å². The van der Waals surface area contributed by atoms with Gasteiger partial charge in [0.2, 0.25) is 0 Å². The molecule has 1 saturated carbocycles. The molecule has 0 spiro atoms. The Morgan fingerprint density at radius 2 is 2.18 bits per heavy atom. The highest BCUT2D eigenvalue weighted by molar-refractivity contribution is 5.75. The second-order valence-electron chi connectivity index (χ2n) is 5.62. The smallest absolute Gasteiger partial charge is 0.307 e. The molecule has 3 nitrogen and oxygen atoms in total. The first kappa shape index (κ1) is 12.2. The fourth-order valence-corrected chi connectivity index (χ4v) is 2.66. The molecule has 0 radical (unpaired) electrons. The lowest BCUT2D eigenvalue weighted by Crippen LogP contribution is -2.08. The zero-order valence-corrected chi connectivity index (χ0v) is 11.0. The van der Waals surface area contributed by atoms with E-state index in [-0.39, 0.29) is 11.8 Å². The number of carboxylic acids is 1. The molecule has 2 unspecified atom stereocenters. The number of aromatic nitrogens is 1. The van der Waals surface area contributed by atoms with Crippen molar-refractivity contribution in [3.63, 3.8) is 0 Å². The van der Waals surface area contributed by atoms with E-state index < -0.39 is 5.97 Å². The number of aliphatic carboxylic acids is 1. The molecule has 0 bridgehead atoms. The number of hydrogen-bond acceptors (Lipinski definition) is 1. The van der Waals surface area contributed by atoms with Crippen LogP contribution >= 0.6 is 0 Å². The molecule has 2 atom stereocenters. The Balaban J connectivity index is 2.23. The minimum Gasteiger partial charge on any atom is -0.481 e. The van der Waals surface area contributed by atoms with E-state index in [0.717, 1.165) is 13.0 Å². The maximum absolute atomic E-state index is 10.9. The summed E-state index contributed by atoms with van der Waals surface area (Å²) in [6.45, 7) is 9.65. The molecule has 1 aliphatic rings. The van der Waals surface area contributed by atoms with Gasteiger partial charge in [-0.3, -0.25) is 4.79 Å². The maximum Gasteiger partial charge on any atom is 0.307 e. The SMILES string of the molecule is Cc1cc(C2CC2C(=O)O)c(C)n1CC(C)C. The quantitative estimate of drug-likeness (QED) is 0.871. The van der Waals surface area contributed by atoms with Gasteiger partial charge in [-0.1, -0.05) is 13.8 Å². The minimum absolute atomic E-state index is 0.150. The number of rotatable bonds is 4. The summed E-state index contributed by atoms with van der Waals surface area (Å²) in [4.78, 5) is 10.9. The minimum atomic E-state index is -0.649. The predicted octanol–water partition coefficient (Wildman–Crippen LogP) is 2.95. The molecule has 0 amide bonds. The summed E-state index contributed by atoms with van der Waals surface area (Å²) in [5.41, 5.74) is 3.75. The van der Waals surface area contributed by atoms with Gasteiger partial charge >= 0.3 is 5.97 Å². The van der Waals surface area contributed by atoms with Gasteiger partial charge in [0.25, 0.3) is 0 Å². The molecule has 1 N–H and O–H groups in total. The van der Waals surface area contributed by atoms with Crippen LogP contribution in [-0.2, 0) is 11.3 Å². The van der Waals surface area contributed by atoms with Gasteiger partial charge in [0.15, 0.2) is 0 Å². The lowest BCUT2D eigenvalue weighted by molar-refractivity contribution is -0.138. The molecule has 1 aliphatic carbocycles. The van der Waals surface area contributed by atoms with Crippen LogP contribution in [-0.4, -0.2) is 15.6 Å². The molecular weight excluding hydrogens is 214 g/mol. The van der Waals surface area contributed by atoms with Gasteiger partial charge in [0.05, 0.1) is 5.92 Å². The molecule has 0 aliphatic heterocycles. The molecule has 94 valence electrons. The Kier molecular flexibility index (Phi) is 3.02. The van der Waals surface area contributed by atoms with Crippen molar-refractivity contribution in [2.24, 2.45) is 11.8 Å². The third-order valence-electron chi connectivity index (χ3n) is 3.67. The van der Waals surface area contributed by atoms with Gasteiger partial charge in [0.1, 0.15) is 0 Å². The van der Waals surface area contributed by atoms with Crippen molar-refractivity contribution >= 4 is 5.97 Å². The Hall–Kier alpha value is -1.25. The van der Waals surface area contributed by atoms with Gasteiger partial charge in [0, 0.05) is 17.9 Å². The normalized spacial score (nSPS) is 23.1. The fraction of sp³-hybridized carbons (Fsp3) is 0.643. The molecule has 17 heavy (non-hydrogen) atoms. The van der Waals surface area contributed by atoms with Gasteiger partial charge < -0.3 is 9.67 Å². The average Bonchev–Trinajstić information content (AvgIpc) is 2.96. The third-order valence-corrected chi connectivity index (χ3v) is 3.67. The van der Waals surface area contributed by atoms with Crippen molar-refractivity contribution in [1.82, 2.24) is 4.57 Å². The van der Waals surface area contributed by atoms with E-state index in [1.807, 2.05) is 0 Å². The number of carboxylic acid groups (broad SMARTS) is 1. The molecule has 0 aromatic carbocycles. The van der Waals surface area contributed by atoms with Crippen LogP contribution in [0.3, 0.4) is 0 Å². The van der Waals surface area contributed by atoms with Gasteiger partial charge in [-0.2, -0.15) is 0 Å². The number of hydrogen-bond donors (Lipinski definition) is 1. The molecule has 2 rings (SSSR count). The number of nitrogens with zero attached hydrogens (tertiary/aromatic N) is 1. The van der Waals surface area contributed by atoms with Crippen LogP contribution < -0.4 is 0 Å². The molecule has 1 aromatic heterocycles. The van der Waals surface area contributed by atoms with E-state index in [1.54, 1.807) is 0 Å². The first-order valence-electron chi connectivity index (χ1n) is 6.31. The van der Waals surface area contributed by atoms with Crippen LogP contribution in [0.2, 0.25) is 0 Å². The van der Waals surface area contributed by atoms with E-state index in [0.29, 0.717) is 5.92 Å². The highest BCUT2D eigenvalue weighted by atomic mass is 16.4. The summed E-state index contributed by atoms with van der Waals surface area (Å²) in [6, 6.07) is 2.17. The first-order chi connectivity index (χ1) is 7.91. The van der Waals surface area contributed by atoms with E-state index in [2.05, 4.69) is 38.3 Å². The van der Waals surface area contributed by atoms with Crippen molar-refractivity contribution in [3.8, 4) is 0 Å². The average molecular weight is 235 g/mol. The zero-order valence-electron chi connectivity index (χ0n) is 11.0. The summed E-state index contributed by atoms with van der Waals surface area (Å²) >= 11 is 0. The second kappa shape index (κ2) is 4.21. The van der Waals surface area contributed by atoms with Gasteiger partial charge in [-0.25, -0.2) is 0 Å². The monoisotopic (exact) mass is 235 g/mol. The largest absolute Gasteiger partial charge is 0.481 e. The van der Waals surface area contributed by atoms with Crippen LogP contribution in [0.1, 0.15) is 43.1 Å². The van der Waals surface area contributed by atoms with Crippen LogP contribution in [0.4, 0.5) is 0 Å². The van der Waals surface area contributed by atoms with Crippen molar-refractivity contribution in [3.05, 3.63) is 23.0 Å². The van der Waals surface area contributed by atoms with Gasteiger partial charge in [-0.05, 0) is 43.7 Å². The second-order valence-corrected chi connectivity index (χ2v) is 5.62. The summed E-state index contributed by atoms with van der Waals surface area (Å²) < 4.78 is 2.32. The van der Waals surface area contributed by atoms with Crippen LogP contribution in [0, 0.1) is 25.7 Å². The predicted molar refractivity (Wildman–Crippen MR) is 67.2 cm³/mol. The summed E-state index contributed by atoms with van der Waals surface area (Å²) in [7, 11) is 0. The molecular formula is C14H21NO2. The highest BCUT2D eigenvalue weighted by Crippen LogP contribution is 2.49. The number of carbonyl (C=O) groups is 1. The van der Waals surface area contributed by atoms with E-state index >= 15 is 0 Å². The summed E-state index contributed by atoms with van der Waals surface area (Å²) in [5.74, 6) is 0.0633. The Morgan fingerprint density at radius 1 is 1.53 bits per heavy atom. The Labute approximate surface area is 102 Å². The standard InChI is InChI=1S/C14H21NO2/c1-8(2)7-15-9(3)5-11(10(15)4)12-6-13(12)14(16)17/h5,8,12-13H,6-7H2,1-4H3,(H,16,17).